The van der Waals surface area contributed by atoms with E-state index in [0.29, 0.717) is 16.3 Å². The number of nitriles is 1. The molecule has 0 saturated heterocycles. The van der Waals surface area contributed by atoms with Crippen LogP contribution in [0.2, 0.25) is 5.02 Å². The fourth-order valence-corrected chi connectivity index (χ4v) is 1.89. The van der Waals surface area contributed by atoms with E-state index in [4.69, 9.17) is 16.9 Å². The molecule has 0 aliphatic heterocycles. The summed E-state index contributed by atoms with van der Waals surface area (Å²) in [5.74, 6) is 0. The first-order chi connectivity index (χ1) is 10.1. The second-order valence-electron chi connectivity index (χ2n) is 4.12. The quantitative estimate of drug-likeness (QED) is 0.520. The molecule has 0 amide bonds. The molecule has 0 aliphatic rings. The zero-order chi connectivity index (χ0) is 15.2. The summed E-state index contributed by atoms with van der Waals surface area (Å²) in [5, 5.41) is 23.2. The number of nitrogens with zero attached hydrogens (tertiary/aromatic N) is 2. The van der Waals surface area contributed by atoms with Crippen LogP contribution in [0.1, 0.15) is 5.56 Å². The van der Waals surface area contributed by atoms with Crippen molar-refractivity contribution in [2.24, 2.45) is 0 Å². The van der Waals surface area contributed by atoms with Crippen LogP contribution in [0.5, 0.6) is 0 Å². The Labute approximate surface area is 126 Å². The third-order valence-corrected chi connectivity index (χ3v) is 3.01. The number of hydrogen-bond donors (Lipinski definition) is 1. The van der Waals surface area contributed by atoms with Gasteiger partial charge in [-0.25, -0.2) is 0 Å². The molecule has 0 saturated carbocycles. The van der Waals surface area contributed by atoms with Crippen LogP contribution in [0.3, 0.4) is 0 Å². The van der Waals surface area contributed by atoms with E-state index >= 15 is 0 Å². The lowest BCUT2D eigenvalue weighted by Crippen LogP contribution is -1.98. The second-order valence-corrected chi connectivity index (χ2v) is 4.53. The fraction of sp³-hybridized carbons (Fsp3) is 0. The number of benzene rings is 2. The van der Waals surface area contributed by atoms with Gasteiger partial charge in [-0.15, -0.1) is 0 Å². The minimum atomic E-state index is -0.491. The molecular weight excluding hydrogens is 290 g/mol. The molecule has 1 N–H and O–H groups in total. The lowest BCUT2D eigenvalue weighted by atomic mass is 10.2. The van der Waals surface area contributed by atoms with E-state index < -0.39 is 4.92 Å². The number of nitro groups is 1. The van der Waals surface area contributed by atoms with Crippen LogP contribution in [-0.4, -0.2) is 4.92 Å². The molecule has 2 aromatic carbocycles. The van der Waals surface area contributed by atoms with Crippen LogP contribution in [0, 0.1) is 21.4 Å². The topological polar surface area (TPSA) is 79.0 Å². The molecule has 0 unspecified atom stereocenters. The summed E-state index contributed by atoms with van der Waals surface area (Å²) in [7, 11) is 0. The van der Waals surface area contributed by atoms with Gasteiger partial charge in [0, 0.05) is 22.8 Å². The molecule has 2 aromatic rings. The predicted octanol–water partition coefficient (Wildman–Crippen LogP) is 4.22. The molecule has 0 heterocycles. The van der Waals surface area contributed by atoms with E-state index in [-0.39, 0.29) is 11.4 Å². The van der Waals surface area contributed by atoms with Crippen molar-refractivity contribution in [2.75, 3.05) is 5.32 Å². The van der Waals surface area contributed by atoms with Crippen LogP contribution in [0.15, 0.2) is 54.2 Å². The summed E-state index contributed by atoms with van der Waals surface area (Å²) in [6.45, 7) is 0. The summed E-state index contributed by atoms with van der Waals surface area (Å²) in [6.07, 6.45) is 1.58. The number of halogens is 1. The Balaban J connectivity index is 2.28. The van der Waals surface area contributed by atoms with Gasteiger partial charge >= 0.3 is 0 Å². The Morgan fingerprint density at radius 3 is 2.71 bits per heavy atom. The van der Waals surface area contributed by atoms with Gasteiger partial charge in [0.05, 0.1) is 4.92 Å². The van der Waals surface area contributed by atoms with Crippen LogP contribution >= 0.6 is 11.6 Å². The second kappa shape index (κ2) is 6.55. The maximum Gasteiger partial charge on any atom is 0.271 e. The largest absolute Gasteiger partial charge is 0.347 e. The lowest BCUT2D eigenvalue weighted by molar-refractivity contribution is -0.384. The highest BCUT2D eigenvalue weighted by Gasteiger charge is 2.07. The summed E-state index contributed by atoms with van der Waals surface area (Å²) in [6, 6.07) is 15.0. The Bertz CT molecular complexity index is 751. The van der Waals surface area contributed by atoms with E-state index in [2.05, 4.69) is 5.32 Å². The van der Waals surface area contributed by atoms with Gasteiger partial charge in [0.1, 0.15) is 11.8 Å². The van der Waals surface area contributed by atoms with Crippen molar-refractivity contribution in [1.29, 1.82) is 5.26 Å². The molecule has 0 atom stereocenters. The highest BCUT2D eigenvalue weighted by atomic mass is 35.5. The van der Waals surface area contributed by atoms with Crippen molar-refractivity contribution in [2.45, 2.75) is 0 Å². The molecule has 104 valence electrons. The number of nitro benzene ring substituents is 1. The molecule has 6 heteroatoms. The third-order valence-electron chi connectivity index (χ3n) is 2.66. The SMILES string of the molecule is N#C/C(=C\c1ccccc1Cl)Nc1cccc([N+](=O)[O-])c1. The van der Waals surface area contributed by atoms with Gasteiger partial charge in [-0.2, -0.15) is 5.26 Å². The van der Waals surface area contributed by atoms with Gasteiger partial charge in [0.15, 0.2) is 0 Å². The van der Waals surface area contributed by atoms with Gasteiger partial charge in [-0.05, 0) is 23.8 Å². The number of anilines is 1. The van der Waals surface area contributed by atoms with Gasteiger partial charge < -0.3 is 5.32 Å². The smallest absolute Gasteiger partial charge is 0.271 e. The molecule has 21 heavy (non-hydrogen) atoms. The molecule has 0 aromatic heterocycles. The van der Waals surface area contributed by atoms with Crippen LogP contribution in [0.25, 0.3) is 6.08 Å². The maximum absolute atomic E-state index is 10.7. The Kier molecular flexibility index (Phi) is 4.54. The van der Waals surface area contributed by atoms with Crippen LogP contribution < -0.4 is 5.32 Å². The summed E-state index contributed by atoms with van der Waals surface area (Å²) >= 11 is 6.02. The van der Waals surface area contributed by atoms with Gasteiger partial charge in [-0.3, -0.25) is 10.1 Å². The van der Waals surface area contributed by atoms with E-state index in [1.807, 2.05) is 6.07 Å². The molecular formula is C15H10ClN3O2. The van der Waals surface area contributed by atoms with Crippen molar-refractivity contribution in [3.05, 3.63) is 74.9 Å². The first-order valence-corrected chi connectivity index (χ1v) is 6.36. The standard InChI is InChI=1S/C15H10ClN3O2/c16-15-7-2-1-4-11(15)8-13(10-17)18-12-5-3-6-14(9-12)19(20)21/h1-9,18H/b13-8+. The molecule has 0 fully saturated rings. The number of non-ortho nitro benzene ring substituents is 1. The van der Waals surface area contributed by atoms with Crippen LogP contribution in [-0.2, 0) is 0 Å². The monoisotopic (exact) mass is 299 g/mol. The molecule has 0 radical (unpaired) electrons. The van der Waals surface area contributed by atoms with Crippen molar-refractivity contribution in [3.8, 4) is 6.07 Å². The zero-order valence-electron chi connectivity index (χ0n) is 10.8. The summed E-state index contributed by atoms with van der Waals surface area (Å²) in [4.78, 5) is 10.2. The van der Waals surface area contributed by atoms with E-state index in [9.17, 15) is 10.1 Å². The summed E-state index contributed by atoms with van der Waals surface area (Å²) in [5.41, 5.74) is 1.34. The van der Waals surface area contributed by atoms with Crippen molar-refractivity contribution >= 4 is 29.1 Å². The predicted molar refractivity (Wildman–Crippen MR) is 81.8 cm³/mol. The Hall–Kier alpha value is -2.84. The highest BCUT2D eigenvalue weighted by Crippen LogP contribution is 2.21. The van der Waals surface area contributed by atoms with E-state index in [1.165, 1.54) is 12.1 Å². The Morgan fingerprint density at radius 2 is 2.05 bits per heavy atom. The molecule has 0 bridgehead atoms. The molecule has 0 spiro atoms. The average Bonchev–Trinajstić information content (AvgIpc) is 2.49. The van der Waals surface area contributed by atoms with Gasteiger partial charge in [0.25, 0.3) is 5.69 Å². The van der Waals surface area contributed by atoms with Gasteiger partial charge in [0.2, 0.25) is 0 Å². The highest BCUT2D eigenvalue weighted by molar-refractivity contribution is 6.32. The first kappa shape index (κ1) is 14.6. The van der Waals surface area contributed by atoms with Crippen molar-refractivity contribution < 1.29 is 4.92 Å². The van der Waals surface area contributed by atoms with Crippen LogP contribution in [0.4, 0.5) is 11.4 Å². The van der Waals surface area contributed by atoms with Crippen molar-refractivity contribution in [3.63, 3.8) is 0 Å². The maximum atomic E-state index is 10.7. The zero-order valence-corrected chi connectivity index (χ0v) is 11.5. The van der Waals surface area contributed by atoms with E-state index in [0.717, 1.165) is 0 Å². The van der Waals surface area contributed by atoms with E-state index in [1.54, 1.807) is 42.5 Å². The van der Waals surface area contributed by atoms with Crippen molar-refractivity contribution in [1.82, 2.24) is 0 Å². The molecule has 0 aliphatic carbocycles. The summed E-state index contributed by atoms with van der Waals surface area (Å²) < 4.78 is 0. The fourth-order valence-electron chi connectivity index (χ4n) is 1.70. The molecule has 5 nitrogen and oxygen atoms in total. The first-order valence-electron chi connectivity index (χ1n) is 5.98. The normalized spacial score (nSPS) is 10.8. The molecule has 2 rings (SSSR count). The minimum absolute atomic E-state index is 0.0463. The average molecular weight is 300 g/mol. The number of nitrogens with one attached hydrogen (secondary N) is 1. The minimum Gasteiger partial charge on any atom is -0.347 e. The third kappa shape index (κ3) is 3.81. The number of hydrogen-bond acceptors (Lipinski definition) is 4. The van der Waals surface area contributed by atoms with Gasteiger partial charge in [-0.1, -0.05) is 35.9 Å². The Morgan fingerprint density at radius 1 is 1.29 bits per heavy atom. The lowest BCUT2D eigenvalue weighted by Gasteiger charge is -2.05. The number of rotatable bonds is 4. The number of allylic oxidation sites excluding steroid dienone is 1.